The molecule has 0 radical (unpaired) electrons. The van der Waals surface area contributed by atoms with Crippen molar-refractivity contribution in [1.82, 2.24) is 25.8 Å². The molecule has 1 aromatic heterocycles. The third-order valence-corrected chi connectivity index (χ3v) is 5.64. The van der Waals surface area contributed by atoms with Crippen LogP contribution in [0.2, 0.25) is 0 Å². The van der Waals surface area contributed by atoms with Gasteiger partial charge in [0.2, 0.25) is 0 Å². The van der Waals surface area contributed by atoms with Gasteiger partial charge in [-0.05, 0) is 43.7 Å². The molecule has 3 aromatic rings. The van der Waals surface area contributed by atoms with Gasteiger partial charge in [0.05, 0.1) is 34.4 Å². The lowest BCUT2D eigenvalue weighted by Gasteiger charge is -2.26. The van der Waals surface area contributed by atoms with E-state index in [0.29, 0.717) is 11.8 Å². The monoisotopic (exact) mass is 444 g/mol. The van der Waals surface area contributed by atoms with E-state index in [2.05, 4.69) is 26.3 Å². The van der Waals surface area contributed by atoms with Crippen molar-refractivity contribution in [3.8, 4) is 5.69 Å². The summed E-state index contributed by atoms with van der Waals surface area (Å²) in [4.78, 5) is 12.1. The fourth-order valence-corrected chi connectivity index (χ4v) is 4.04. The van der Waals surface area contributed by atoms with Gasteiger partial charge >= 0.3 is 0 Å². The molecule has 1 fully saturated rings. The lowest BCUT2D eigenvalue weighted by molar-refractivity contribution is -0.105. The number of nitrogens with two attached hydrogens (primary N) is 1. The summed E-state index contributed by atoms with van der Waals surface area (Å²) in [5, 5.41) is 24.9. The van der Waals surface area contributed by atoms with Gasteiger partial charge in [0, 0.05) is 30.6 Å². The van der Waals surface area contributed by atoms with Gasteiger partial charge in [0.25, 0.3) is 0 Å². The van der Waals surface area contributed by atoms with E-state index in [-0.39, 0.29) is 28.9 Å². The molecule has 1 unspecified atom stereocenters. The highest BCUT2D eigenvalue weighted by atomic mass is 16.1. The topological polar surface area (TPSA) is 133 Å². The Bertz CT molecular complexity index is 1210. The van der Waals surface area contributed by atoms with Gasteiger partial charge in [0.15, 0.2) is 12.1 Å². The van der Waals surface area contributed by atoms with Gasteiger partial charge in [-0.3, -0.25) is 10.2 Å². The molecule has 170 valence electrons. The van der Waals surface area contributed by atoms with Crippen molar-refractivity contribution in [2.24, 2.45) is 10.8 Å². The van der Waals surface area contributed by atoms with E-state index in [1.807, 2.05) is 53.2 Å². The molecule has 1 saturated heterocycles. The molecule has 0 spiro atoms. The lowest BCUT2D eigenvalue weighted by Crippen LogP contribution is -2.44. The molecule has 2 aromatic carbocycles. The van der Waals surface area contributed by atoms with Crippen LogP contribution in [0.3, 0.4) is 0 Å². The lowest BCUT2D eigenvalue weighted by atomic mass is 9.98. The average molecular weight is 445 g/mol. The molecule has 9 heteroatoms. The summed E-state index contributed by atoms with van der Waals surface area (Å²) in [6.45, 7) is 1.70. The molecule has 33 heavy (non-hydrogen) atoms. The van der Waals surface area contributed by atoms with Gasteiger partial charge in [0.1, 0.15) is 0 Å². The number of carbonyl (C=O) groups is 1. The Kier molecular flexibility index (Phi) is 6.80. The predicted molar refractivity (Wildman–Crippen MR) is 131 cm³/mol. The van der Waals surface area contributed by atoms with Crippen LogP contribution >= 0.6 is 0 Å². The number of benzene rings is 2. The van der Waals surface area contributed by atoms with Crippen LogP contribution in [0.15, 0.2) is 71.1 Å². The zero-order valence-corrected chi connectivity index (χ0v) is 18.5. The number of amidine groups is 1. The first-order chi connectivity index (χ1) is 16.1. The van der Waals surface area contributed by atoms with E-state index in [9.17, 15) is 4.79 Å². The van der Waals surface area contributed by atoms with Crippen molar-refractivity contribution in [2.45, 2.75) is 18.9 Å². The number of carbonyl (C=O) groups excluding carboxylic acids is 1. The van der Waals surface area contributed by atoms with E-state index < -0.39 is 0 Å². The molecule has 6 N–H and O–H groups in total. The number of fused-ring (bicyclic) bond motifs is 1. The minimum atomic E-state index is 0.0703. The number of aromatic nitrogens is 2. The van der Waals surface area contributed by atoms with Crippen LogP contribution in [0.4, 0.5) is 0 Å². The Morgan fingerprint density at radius 2 is 2.12 bits per heavy atom. The maximum Gasteiger partial charge on any atom is 0.166 e. The SMILES string of the molecule is CN/N=C(N)\C(C(=N)c1ccc2c(cnn2-c2ccccc2)c1)=C(/C=O)NC1CCCNC1. The maximum absolute atomic E-state index is 12.1. The molecule has 2 heterocycles. The second kappa shape index (κ2) is 10.1. The van der Waals surface area contributed by atoms with E-state index in [1.165, 1.54) is 0 Å². The third-order valence-electron chi connectivity index (χ3n) is 5.64. The molecule has 0 aliphatic carbocycles. The van der Waals surface area contributed by atoms with Crippen molar-refractivity contribution in [3.05, 3.63) is 71.6 Å². The summed E-state index contributed by atoms with van der Waals surface area (Å²) in [5.41, 5.74) is 12.0. The number of hydrazone groups is 1. The molecule has 4 rings (SSSR count). The second-order valence-corrected chi connectivity index (χ2v) is 7.86. The molecular weight excluding hydrogens is 416 g/mol. The van der Waals surface area contributed by atoms with Crippen molar-refractivity contribution in [2.75, 3.05) is 20.1 Å². The smallest absolute Gasteiger partial charge is 0.166 e. The van der Waals surface area contributed by atoms with Gasteiger partial charge < -0.3 is 21.8 Å². The van der Waals surface area contributed by atoms with Crippen molar-refractivity contribution in [1.29, 1.82) is 5.41 Å². The summed E-state index contributed by atoms with van der Waals surface area (Å²) in [5.74, 6) is 0.0703. The van der Waals surface area contributed by atoms with Gasteiger partial charge in [-0.15, -0.1) is 0 Å². The molecule has 0 saturated carbocycles. The fraction of sp³-hybridized carbons (Fsp3) is 0.250. The third kappa shape index (κ3) is 4.78. The highest BCUT2D eigenvalue weighted by Gasteiger charge is 2.22. The summed E-state index contributed by atoms with van der Waals surface area (Å²) in [6, 6.07) is 15.6. The van der Waals surface area contributed by atoms with Crippen LogP contribution < -0.4 is 21.8 Å². The molecule has 1 atom stereocenters. The molecule has 1 aliphatic heterocycles. The first kappa shape index (κ1) is 22.2. The Morgan fingerprint density at radius 3 is 2.82 bits per heavy atom. The van der Waals surface area contributed by atoms with Crippen molar-refractivity contribution >= 4 is 28.7 Å². The van der Waals surface area contributed by atoms with Gasteiger partial charge in [-0.2, -0.15) is 10.2 Å². The second-order valence-electron chi connectivity index (χ2n) is 7.86. The van der Waals surface area contributed by atoms with Crippen LogP contribution in [0.5, 0.6) is 0 Å². The summed E-state index contributed by atoms with van der Waals surface area (Å²) in [7, 11) is 1.62. The number of hydrogen-bond acceptors (Lipinski definition) is 7. The van der Waals surface area contributed by atoms with E-state index in [0.717, 1.165) is 42.5 Å². The molecule has 9 nitrogen and oxygen atoms in total. The number of allylic oxidation sites excluding steroid dienone is 1. The fourth-order valence-electron chi connectivity index (χ4n) is 4.04. The first-order valence-corrected chi connectivity index (χ1v) is 10.9. The first-order valence-electron chi connectivity index (χ1n) is 10.9. The number of nitrogens with one attached hydrogen (secondary N) is 4. The molecule has 0 bridgehead atoms. The van der Waals surface area contributed by atoms with Crippen LogP contribution in [-0.2, 0) is 4.79 Å². The molecule has 0 amide bonds. The van der Waals surface area contributed by atoms with Gasteiger partial charge in [-0.1, -0.05) is 24.3 Å². The Morgan fingerprint density at radius 1 is 1.30 bits per heavy atom. The van der Waals surface area contributed by atoms with Gasteiger partial charge in [-0.25, -0.2) is 4.68 Å². The average Bonchev–Trinajstić information content (AvgIpc) is 3.28. The minimum Gasteiger partial charge on any atom is -0.382 e. The van der Waals surface area contributed by atoms with E-state index in [4.69, 9.17) is 11.1 Å². The normalized spacial score (nSPS) is 17.4. The standard InChI is InChI=1S/C24H28N8O/c1-27-31-24(26)22(20(15-33)30-18-6-5-11-28-14-18)23(25)16-9-10-21-17(12-16)13-29-32(21)19-7-3-2-4-8-19/h2-4,7-10,12-13,15,18,25,27-28,30H,5-6,11,14H2,1H3,(H2,26,31)/b22-20+,25-23?. The highest BCUT2D eigenvalue weighted by molar-refractivity contribution is 6.30. The Hall–Kier alpha value is -3.98. The van der Waals surface area contributed by atoms with E-state index >= 15 is 0 Å². The largest absolute Gasteiger partial charge is 0.382 e. The van der Waals surface area contributed by atoms with Crippen molar-refractivity contribution < 1.29 is 4.79 Å². The minimum absolute atomic E-state index is 0.0703. The number of aldehydes is 1. The van der Waals surface area contributed by atoms with Crippen LogP contribution in [0.25, 0.3) is 16.6 Å². The summed E-state index contributed by atoms with van der Waals surface area (Å²) >= 11 is 0. The highest BCUT2D eigenvalue weighted by Crippen LogP contribution is 2.22. The van der Waals surface area contributed by atoms with Crippen LogP contribution in [-0.4, -0.2) is 53.8 Å². The van der Waals surface area contributed by atoms with Crippen LogP contribution in [0.1, 0.15) is 18.4 Å². The van der Waals surface area contributed by atoms with E-state index in [1.54, 1.807) is 13.2 Å². The number of nitrogens with zero attached hydrogens (tertiary/aromatic N) is 3. The van der Waals surface area contributed by atoms with Crippen molar-refractivity contribution in [3.63, 3.8) is 0 Å². The summed E-state index contributed by atoms with van der Waals surface area (Å²) in [6.07, 6.45) is 4.42. The Balaban J connectivity index is 1.72. The summed E-state index contributed by atoms with van der Waals surface area (Å²) < 4.78 is 1.85. The number of para-hydroxylation sites is 1. The number of piperidine rings is 1. The zero-order valence-electron chi connectivity index (χ0n) is 18.5. The zero-order chi connectivity index (χ0) is 23.2. The molecule has 1 aliphatic rings. The predicted octanol–water partition coefficient (Wildman–Crippen LogP) is 1.68. The number of hydrogen-bond donors (Lipinski definition) is 5. The quantitative estimate of drug-likeness (QED) is 0.118. The van der Waals surface area contributed by atoms with Crippen LogP contribution in [0, 0.1) is 5.41 Å². The Labute approximate surface area is 192 Å². The number of rotatable bonds is 8. The maximum atomic E-state index is 12.1. The molecular formula is C24H28N8O.